The fraction of sp³-hybridized carbons (Fsp3) is 0.452. The molecule has 0 bridgehead atoms. The first kappa shape index (κ1) is 31.9. The molecule has 4 rings (SSSR count). The number of para-hydroxylation sites is 2. The number of pyridine rings is 1. The standard InChI is InChI=1S/C31H41N7O4S/c1-31(2,3)42-30(41)35-23-12-7-6-11-22(23)33-27(39)25-16-15-21(19-32-25)20-38(18-10-17-37(4)5)29(40)36-28-34-24-13-8-9-14-26(24)43-28/h6-7,11-12,15-16,19H,8-10,13-14,17-18,20H2,1-5H3,(H,33,39)(H,35,41)(H,34,36,40). The van der Waals surface area contributed by atoms with E-state index in [1.165, 1.54) is 4.88 Å². The summed E-state index contributed by atoms with van der Waals surface area (Å²) in [6.45, 7) is 7.06. The summed E-state index contributed by atoms with van der Waals surface area (Å²) in [6, 6.07) is 10.1. The van der Waals surface area contributed by atoms with Crippen molar-refractivity contribution in [1.82, 2.24) is 19.8 Å². The molecule has 4 amide bonds. The maximum atomic E-state index is 13.3. The van der Waals surface area contributed by atoms with E-state index in [0.29, 0.717) is 29.6 Å². The van der Waals surface area contributed by atoms with Crippen LogP contribution in [0.2, 0.25) is 0 Å². The fourth-order valence-corrected chi connectivity index (χ4v) is 5.62. The van der Waals surface area contributed by atoms with E-state index >= 15 is 0 Å². The fourth-order valence-electron chi connectivity index (χ4n) is 4.58. The summed E-state index contributed by atoms with van der Waals surface area (Å²) in [5.74, 6) is -0.432. The second-order valence-electron chi connectivity index (χ2n) is 11.8. The van der Waals surface area contributed by atoms with Gasteiger partial charge in [-0.15, -0.1) is 11.3 Å². The Morgan fingerprint density at radius 1 is 0.953 bits per heavy atom. The minimum Gasteiger partial charge on any atom is -0.444 e. The van der Waals surface area contributed by atoms with Crippen molar-refractivity contribution in [2.24, 2.45) is 0 Å². The predicted octanol–water partition coefficient (Wildman–Crippen LogP) is 6.00. The van der Waals surface area contributed by atoms with Crippen LogP contribution in [0, 0.1) is 0 Å². The van der Waals surface area contributed by atoms with Crippen LogP contribution in [-0.4, -0.2) is 70.6 Å². The number of nitrogens with zero attached hydrogens (tertiary/aromatic N) is 4. The number of fused-ring (bicyclic) bond motifs is 1. The normalized spacial score (nSPS) is 12.8. The number of ether oxygens (including phenoxy) is 1. The average molecular weight is 608 g/mol. The van der Waals surface area contributed by atoms with Crippen LogP contribution < -0.4 is 16.0 Å². The zero-order valence-corrected chi connectivity index (χ0v) is 26.3. The topological polar surface area (TPSA) is 129 Å². The number of urea groups is 1. The second-order valence-corrected chi connectivity index (χ2v) is 12.9. The maximum absolute atomic E-state index is 13.3. The van der Waals surface area contributed by atoms with Gasteiger partial charge in [0.2, 0.25) is 0 Å². The van der Waals surface area contributed by atoms with Crippen molar-refractivity contribution in [3.63, 3.8) is 0 Å². The molecule has 0 atom stereocenters. The van der Waals surface area contributed by atoms with E-state index in [4.69, 9.17) is 4.74 Å². The molecule has 0 radical (unpaired) electrons. The van der Waals surface area contributed by atoms with Gasteiger partial charge < -0.3 is 19.9 Å². The van der Waals surface area contributed by atoms with E-state index in [1.54, 1.807) is 79.6 Å². The van der Waals surface area contributed by atoms with Crippen LogP contribution >= 0.6 is 11.3 Å². The highest BCUT2D eigenvalue weighted by molar-refractivity contribution is 7.15. The molecule has 1 aliphatic carbocycles. The Morgan fingerprint density at radius 3 is 2.33 bits per heavy atom. The van der Waals surface area contributed by atoms with Crippen molar-refractivity contribution < 1.29 is 19.1 Å². The van der Waals surface area contributed by atoms with Crippen LogP contribution in [-0.2, 0) is 24.1 Å². The van der Waals surface area contributed by atoms with Crippen molar-refractivity contribution in [3.8, 4) is 0 Å². The first-order chi connectivity index (χ1) is 20.5. The van der Waals surface area contributed by atoms with Crippen LogP contribution in [0.25, 0.3) is 0 Å². The second kappa shape index (κ2) is 14.4. The highest BCUT2D eigenvalue weighted by Gasteiger charge is 2.21. The lowest BCUT2D eigenvalue weighted by molar-refractivity contribution is 0.0635. The van der Waals surface area contributed by atoms with E-state index in [2.05, 4.69) is 30.8 Å². The van der Waals surface area contributed by atoms with Gasteiger partial charge in [0.25, 0.3) is 5.91 Å². The smallest absolute Gasteiger partial charge is 0.412 e. The molecule has 1 aliphatic rings. The Hall–Kier alpha value is -4.03. The average Bonchev–Trinajstić information content (AvgIpc) is 3.35. The zero-order chi connectivity index (χ0) is 31.0. The number of carbonyl (C=O) groups excluding carboxylic acids is 3. The van der Waals surface area contributed by atoms with Crippen molar-refractivity contribution >= 4 is 45.9 Å². The van der Waals surface area contributed by atoms with Gasteiger partial charge >= 0.3 is 12.1 Å². The Labute approximate surface area is 257 Å². The third-order valence-electron chi connectivity index (χ3n) is 6.62. The molecular formula is C31H41N7O4S. The molecule has 2 heterocycles. The SMILES string of the molecule is CN(C)CCCN(Cc1ccc(C(=O)Nc2ccccc2NC(=O)OC(C)(C)C)nc1)C(=O)Nc1nc2c(s1)CCCC2. The molecule has 2 aromatic heterocycles. The number of aryl methyl sites for hydroxylation is 2. The van der Waals surface area contributed by atoms with Crippen molar-refractivity contribution in [2.45, 2.75) is 65.0 Å². The van der Waals surface area contributed by atoms with E-state index in [0.717, 1.165) is 49.9 Å². The van der Waals surface area contributed by atoms with Gasteiger partial charge in [0.05, 0.1) is 17.1 Å². The predicted molar refractivity (Wildman–Crippen MR) is 170 cm³/mol. The highest BCUT2D eigenvalue weighted by Crippen LogP contribution is 2.30. The first-order valence-electron chi connectivity index (χ1n) is 14.5. The van der Waals surface area contributed by atoms with Crippen LogP contribution in [0.3, 0.4) is 0 Å². The first-order valence-corrected chi connectivity index (χ1v) is 15.3. The van der Waals surface area contributed by atoms with Gasteiger partial charge in [-0.3, -0.25) is 20.4 Å². The van der Waals surface area contributed by atoms with Crippen LogP contribution in [0.5, 0.6) is 0 Å². The van der Waals surface area contributed by atoms with Crippen molar-refractivity contribution in [1.29, 1.82) is 0 Å². The number of carbonyl (C=O) groups is 3. The molecule has 0 saturated heterocycles. The van der Waals surface area contributed by atoms with Crippen LogP contribution in [0.1, 0.15) is 66.7 Å². The highest BCUT2D eigenvalue weighted by atomic mass is 32.1. The number of hydrogen-bond donors (Lipinski definition) is 3. The number of aromatic nitrogens is 2. The Kier molecular flexibility index (Phi) is 10.7. The van der Waals surface area contributed by atoms with Gasteiger partial charge in [-0.25, -0.2) is 14.6 Å². The van der Waals surface area contributed by atoms with E-state index in [1.807, 2.05) is 14.1 Å². The molecule has 230 valence electrons. The van der Waals surface area contributed by atoms with Crippen LogP contribution in [0.15, 0.2) is 42.6 Å². The number of amides is 4. The molecule has 12 heteroatoms. The minimum absolute atomic E-state index is 0.202. The summed E-state index contributed by atoms with van der Waals surface area (Å²) in [5, 5.41) is 9.12. The Bertz CT molecular complexity index is 1390. The number of anilines is 3. The van der Waals surface area contributed by atoms with Gasteiger partial charge in [0, 0.05) is 24.2 Å². The Balaban J connectivity index is 1.40. The molecule has 3 N–H and O–H groups in total. The van der Waals surface area contributed by atoms with Gasteiger partial charge in [-0.1, -0.05) is 18.2 Å². The Morgan fingerprint density at radius 2 is 1.67 bits per heavy atom. The van der Waals surface area contributed by atoms with Crippen molar-refractivity contribution in [2.75, 3.05) is 43.1 Å². The summed E-state index contributed by atoms with van der Waals surface area (Å²) in [5.41, 5.74) is 2.26. The monoisotopic (exact) mass is 607 g/mol. The molecule has 0 saturated carbocycles. The molecule has 0 aliphatic heterocycles. The lowest BCUT2D eigenvalue weighted by atomic mass is 10.0. The zero-order valence-electron chi connectivity index (χ0n) is 25.5. The third kappa shape index (κ3) is 9.75. The van der Waals surface area contributed by atoms with E-state index < -0.39 is 17.6 Å². The molecule has 1 aromatic carbocycles. The van der Waals surface area contributed by atoms with Crippen LogP contribution in [0.4, 0.5) is 26.1 Å². The lowest BCUT2D eigenvalue weighted by Gasteiger charge is -2.23. The summed E-state index contributed by atoms with van der Waals surface area (Å²) in [6.07, 6.45) is 6.07. The van der Waals surface area contributed by atoms with Crippen molar-refractivity contribution in [3.05, 3.63) is 64.4 Å². The van der Waals surface area contributed by atoms with Gasteiger partial charge in [-0.05, 0) is 97.3 Å². The molecule has 0 fully saturated rings. The summed E-state index contributed by atoms with van der Waals surface area (Å²) >= 11 is 1.56. The molecular weight excluding hydrogens is 566 g/mol. The van der Waals surface area contributed by atoms with E-state index in [-0.39, 0.29) is 11.7 Å². The van der Waals surface area contributed by atoms with E-state index in [9.17, 15) is 14.4 Å². The summed E-state index contributed by atoms with van der Waals surface area (Å²) in [7, 11) is 4.01. The quantitative estimate of drug-likeness (QED) is 0.258. The number of rotatable bonds is 10. The number of thiazole rings is 1. The van der Waals surface area contributed by atoms with Gasteiger partial charge in [0.1, 0.15) is 11.3 Å². The summed E-state index contributed by atoms with van der Waals surface area (Å²) in [4.78, 5) is 52.7. The summed E-state index contributed by atoms with van der Waals surface area (Å²) < 4.78 is 5.32. The molecule has 43 heavy (non-hydrogen) atoms. The van der Waals surface area contributed by atoms with Gasteiger partial charge in [-0.2, -0.15) is 0 Å². The lowest BCUT2D eigenvalue weighted by Crippen LogP contribution is -2.36. The maximum Gasteiger partial charge on any atom is 0.412 e. The molecule has 0 unspecified atom stereocenters. The molecule has 11 nitrogen and oxygen atoms in total. The number of hydrogen-bond acceptors (Lipinski definition) is 8. The third-order valence-corrected chi connectivity index (χ3v) is 7.69. The largest absolute Gasteiger partial charge is 0.444 e. The van der Waals surface area contributed by atoms with Gasteiger partial charge in [0.15, 0.2) is 5.13 Å². The number of benzene rings is 1. The number of nitrogens with one attached hydrogen (secondary N) is 3. The minimum atomic E-state index is -0.656. The molecule has 3 aromatic rings. The molecule has 0 spiro atoms.